The van der Waals surface area contributed by atoms with Gasteiger partial charge < -0.3 is 14.8 Å². The standard InChI is InChI=1S/C10H19NO2/c1-4-12-5-2-9(1)3-6-13-10-7-11-8-10/h9-11H,1-8H2. The van der Waals surface area contributed by atoms with Crippen LogP contribution in [0.5, 0.6) is 0 Å². The molecule has 2 rings (SSSR count). The van der Waals surface area contributed by atoms with Crippen molar-refractivity contribution in [1.29, 1.82) is 0 Å². The van der Waals surface area contributed by atoms with E-state index in [4.69, 9.17) is 9.47 Å². The molecule has 13 heavy (non-hydrogen) atoms. The molecule has 2 fully saturated rings. The molecular weight excluding hydrogens is 166 g/mol. The van der Waals surface area contributed by atoms with Crippen LogP contribution in [0.4, 0.5) is 0 Å². The van der Waals surface area contributed by atoms with E-state index in [1.807, 2.05) is 0 Å². The van der Waals surface area contributed by atoms with Crippen LogP contribution in [0.15, 0.2) is 0 Å². The van der Waals surface area contributed by atoms with E-state index in [9.17, 15) is 0 Å². The Morgan fingerprint density at radius 2 is 2.00 bits per heavy atom. The summed E-state index contributed by atoms with van der Waals surface area (Å²) >= 11 is 0. The number of rotatable bonds is 4. The maximum atomic E-state index is 5.68. The minimum Gasteiger partial charge on any atom is -0.381 e. The fourth-order valence-corrected chi connectivity index (χ4v) is 1.82. The van der Waals surface area contributed by atoms with Crippen LogP contribution in [0.1, 0.15) is 19.3 Å². The average Bonchev–Trinajstić information content (AvgIpc) is 2.11. The molecule has 0 bridgehead atoms. The Labute approximate surface area is 79.8 Å². The summed E-state index contributed by atoms with van der Waals surface area (Å²) in [4.78, 5) is 0. The average molecular weight is 185 g/mol. The Bertz CT molecular complexity index is 142. The predicted molar refractivity (Wildman–Crippen MR) is 50.8 cm³/mol. The third-order valence-electron chi connectivity index (χ3n) is 2.96. The first-order chi connectivity index (χ1) is 6.45. The first-order valence-corrected chi connectivity index (χ1v) is 5.35. The van der Waals surface area contributed by atoms with Crippen molar-refractivity contribution in [3.8, 4) is 0 Å². The summed E-state index contributed by atoms with van der Waals surface area (Å²) in [5.41, 5.74) is 0. The molecule has 3 heteroatoms. The van der Waals surface area contributed by atoms with Crippen molar-refractivity contribution in [1.82, 2.24) is 5.32 Å². The lowest BCUT2D eigenvalue weighted by Crippen LogP contribution is -2.48. The van der Waals surface area contributed by atoms with Gasteiger partial charge in [-0.25, -0.2) is 0 Å². The molecule has 0 aliphatic carbocycles. The van der Waals surface area contributed by atoms with Crippen LogP contribution in [0.25, 0.3) is 0 Å². The van der Waals surface area contributed by atoms with Gasteiger partial charge in [0, 0.05) is 32.9 Å². The van der Waals surface area contributed by atoms with Gasteiger partial charge in [0.1, 0.15) is 0 Å². The quantitative estimate of drug-likeness (QED) is 0.702. The van der Waals surface area contributed by atoms with Gasteiger partial charge >= 0.3 is 0 Å². The Morgan fingerprint density at radius 3 is 2.62 bits per heavy atom. The zero-order chi connectivity index (χ0) is 8.93. The molecule has 0 unspecified atom stereocenters. The second kappa shape index (κ2) is 4.94. The topological polar surface area (TPSA) is 30.5 Å². The highest BCUT2D eigenvalue weighted by Crippen LogP contribution is 2.18. The Hall–Kier alpha value is -0.120. The fraction of sp³-hybridized carbons (Fsp3) is 1.00. The maximum Gasteiger partial charge on any atom is 0.0823 e. The van der Waals surface area contributed by atoms with Crippen molar-refractivity contribution in [2.24, 2.45) is 5.92 Å². The number of hydrogen-bond donors (Lipinski definition) is 1. The van der Waals surface area contributed by atoms with E-state index in [0.29, 0.717) is 6.10 Å². The Balaban J connectivity index is 1.50. The molecule has 0 spiro atoms. The van der Waals surface area contributed by atoms with Gasteiger partial charge in [0.25, 0.3) is 0 Å². The third-order valence-corrected chi connectivity index (χ3v) is 2.96. The van der Waals surface area contributed by atoms with E-state index >= 15 is 0 Å². The van der Waals surface area contributed by atoms with E-state index in [0.717, 1.165) is 38.8 Å². The summed E-state index contributed by atoms with van der Waals surface area (Å²) in [7, 11) is 0. The first-order valence-electron chi connectivity index (χ1n) is 5.35. The van der Waals surface area contributed by atoms with Crippen LogP contribution in [0.2, 0.25) is 0 Å². The van der Waals surface area contributed by atoms with Gasteiger partial charge in [-0.3, -0.25) is 0 Å². The summed E-state index contributed by atoms with van der Waals surface area (Å²) in [6.07, 6.45) is 4.18. The molecule has 0 aromatic carbocycles. The molecule has 2 saturated heterocycles. The van der Waals surface area contributed by atoms with Crippen molar-refractivity contribution in [2.45, 2.75) is 25.4 Å². The van der Waals surface area contributed by atoms with Gasteiger partial charge in [-0.05, 0) is 25.2 Å². The summed E-state index contributed by atoms with van der Waals surface area (Å²) in [5, 5.41) is 3.20. The lowest BCUT2D eigenvalue weighted by molar-refractivity contribution is -0.000125. The predicted octanol–water partition coefficient (Wildman–Crippen LogP) is 0.791. The molecular formula is C10H19NO2. The third kappa shape index (κ3) is 2.93. The van der Waals surface area contributed by atoms with E-state index < -0.39 is 0 Å². The van der Waals surface area contributed by atoms with E-state index in [2.05, 4.69) is 5.32 Å². The van der Waals surface area contributed by atoms with Crippen molar-refractivity contribution < 1.29 is 9.47 Å². The largest absolute Gasteiger partial charge is 0.381 e. The van der Waals surface area contributed by atoms with Gasteiger partial charge in [-0.2, -0.15) is 0 Å². The second-order valence-electron chi connectivity index (χ2n) is 4.00. The molecule has 0 amide bonds. The Morgan fingerprint density at radius 1 is 1.23 bits per heavy atom. The first kappa shape index (κ1) is 9.44. The Kier molecular flexibility index (Phi) is 3.58. The zero-order valence-electron chi connectivity index (χ0n) is 8.13. The molecule has 0 aromatic rings. The van der Waals surface area contributed by atoms with E-state index in [-0.39, 0.29) is 0 Å². The number of ether oxygens (including phenoxy) is 2. The molecule has 0 atom stereocenters. The molecule has 3 nitrogen and oxygen atoms in total. The monoisotopic (exact) mass is 185 g/mol. The summed E-state index contributed by atoms with van der Waals surface area (Å²) in [6.45, 7) is 4.95. The summed E-state index contributed by atoms with van der Waals surface area (Å²) in [6, 6.07) is 0. The smallest absolute Gasteiger partial charge is 0.0823 e. The van der Waals surface area contributed by atoms with Gasteiger partial charge in [0.15, 0.2) is 0 Å². The lowest BCUT2D eigenvalue weighted by Gasteiger charge is -2.28. The van der Waals surface area contributed by atoms with Crippen LogP contribution in [-0.4, -0.2) is 39.0 Å². The van der Waals surface area contributed by atoms with Gasteiger partial charge in [0.05, 0.1) is 6.10 Å². The summed E-state index contributed by atoms with van der Waals surface area (Å²) in [5.74, 6) is 0.849. The molecule has 0 radical (unpaired) electrons. The van der Waals surface area contributed by atoms with E-state index in [1.165, 1.54) is 19.3 Å². The molecule has 0 aromatic heterocycles. The van der Waals surface area contributed by atoms with Crippen LogP contribution in [0, 0.1) is 5.92 Å². The molecule has 2 heterocycles. The SMILES string of the molecule is C1CC(CCOC2CNC2)CCO1. The van der Waals surface area contributed by atoms with Crippen molar-refractivity contribution in [2.75, 3.05) is 32.9 Å². The minimum absolute atomic E-state index is 0.500. The molecule has 2 aliphatic rings. The zero-order valence-corrected chi connectivity index (χ0v) is 8.13. The normalized spacial score (nSPS) is 25.8. The van der Waals surface area contributed by atoms with Crippen molar-refractivity contribution in [3.05, 3.63) is 0 Å². The van der Waals surface area contributed by atoms with E-state index in [1.54, 1.807) is 0 Å². The van der Waals surface area contributed by atoms with Crippen molar-refractivity contribution in [3.63, 3.8) is 0 Å². The van der Waals surface area contributed by atoms with Crippen LogP contribution in [-0.2, 0) is 9.47 Å². The number of nitrogens with one attached hydrogen (secondary N) is 1. The molecule has 0 saturated carbocycles. The lowest BCUT2D eigenvalue weighted by atomic mass is 9.97. The highest BCUT2D eigenvalue weighted by molar-refractivity contribution is 4.75. The minimum atomic E-state index is 0.500. The highest BCUT2D eigenvalue weighted by Gasteiger charge is 2.18. The van der Waals surface area contributed by atoms with Crippen LogP contribution >= 0.6 is 0 Å². The molecule has 76 valence electrons. The molecule has 1 N–H and O–H groups in total. The van der Waals surface area contributed by atoms with Crippen LogP contribution in [0.3, 0.4) is 0 Å². The second-order valence-corrected chi connectivity index (χ2v) is 4.00. The maximum absolute atomic E-state index is 5.68. The summed E-state index contributed by atoms with van der Waals surface area (Å²) < 4.78 is 11.0. The molecule has 2 aliphatic heterocycles. The van der Waals surface area contributed by atoms with Gasteiger partial charge in [0.2, 0.25) is 0 Å². The highest BCUT2D eigenvalue weighted by atomic mass is 16.5. The van der Waals surface area contributed by atoms with Gasteiger partial charge in [-0.1, -0.05) is 0 Å². The number of hydrogen-bond acceptors (Lipinski definition) is 3. The van der Waals surface area contributed by atoms with Gasteiger partial charge in [-0.15, -0.1) is 0 Å². The van der Waals surface area contributed by atoms with Crippen LogP contribution < -0.4 is 5.32 Å². The van der Waals surface area contributed by atoms with Crippen molar-refractivity contribution >= 4 is 0 Å². The fourth-order valence-electron chi connectivity index (χ4n) is 1.82.